The quantitative estimate of drug-likeness (QED) is 0.727. The number of nitrogens with zero attached hydrogens (tertiary/aromatic N) is 2. The third-order valence-corrected chi connectivity index (χ3v) is 4.19. The lowest BCUT2D eigenvalue weighted by Crippen LogP contribution is -2.11. The number of rotatable bonds is 6. The Kier molecular flexibility index (Phi) is 5.20. The van der Waals surface area contributed by atoms with Crippen LogP contribution in [0.3, 0.4) is 0 Å². The van der Waals surface area contributed by atoms with Crippen molar-refractivity contribution in [3.63, 3.8) is 0 Å². The van der Waals surface area contributed by atoms with Gasteiger partial charge in [-0.05, 0) is 44.2 Å². The number of benzene rings is 1. The van der Waals surface area contributed by atoms with Crippen LogP contribution in [0, 0.1) is 5.92 Å². The Labute approximate surface area is 124 Å². The third kappa shape index (κ3) is 4.20. The number of halogens is 1. The van der Waals surface area contributed by atoms with Crippen LogP contribution in [0.1, 0.15) is 31.1 Å². The van der Waals surface area contributed by atoms with Gasteiger partial charge in [0.2, 0.25) is 0 Å². The molecule has 0 aliphatic rings. The maximum atomic E-state index is 4.63. The van der Waals surface area contributed by atoms with Crippen molar-refractivity contribution in [1.82, 2.24) is 9.78 Å². The van der Waals surface area contributed by atoms with Crippen molar-refractivity contribution in [2.45, 2.75) is 32.7 Å². The van der Waals surface area contributed by atoms with E-state index in [1.807, 2.05) is 4.68 Å². The Morgan fingerprint density at radius 2 is 1.84 bits per heavy atom. The zero-order valence-corrected chi connectivity index (χ0v) is 13.2. The van der Waals surface area contributed by atoms with E-state index in [1.54, 1.807) is 0 Å². The molecule has 1 aromatic carbocycles. The van der Waals surface area contributed by atoms with Crippen molar-refractivity contribution in [2.24, 2.45) is 5.92 Å². The van der Waals surface area contributed by atoms with E-state index in [0.29, 0.717) is 12.0 Å². The van der Waals surface area contributed by atoms with Gasteiger partial charge in [-0.15, -0.1) is 0 Å². The summed E-state index contributed by atoms with van der Waals surface area (Å²) in [6.07, 6.45) is 4.20. The number of hydrogen-bond donors (Lipinski definition) is 0. The minimum absolute atomic E-state index is 0.435. The van der Waals surface area contributed by atoms with Crippen LogP contribution >= 0.6 is 15.9 Å². The first-order valence-corrected chi connectivity index (χ1v) is 7.95. The molecule has 1 aromatic heterocycles. The van der Waals surface area contributed by atoms with Crippen molar-refractivity contribution < 1.29 is 0 Å². The predicted octanol–water partition coefficient (Wildman–Crippen LogP) is 4.26. The molecular weight excluding hydrogens is 300 g/mol. The van der Waals surface area contributed by atoms with Crippen LogP contribution in [-0.2, 0) is 12.8 Å². The summed E-state index contributed by atoms with van der Waals surface area (Å²) >= 11 is 3.63. The first-order valence-electron chi connectivity index (χ1n) is 6.83. The zero-order valence-electron chi connectivity index (χ0n) is 11.6. The summed E-state index contributed by atoms with van der Waals surface area (Å²) in [5.41, 5.74) is 2.59. The number of alkyl halides is 1. The Morgan fingerprint density at radius 3 is 2.42 bits per heavy atom. The van der Waals surface area contributed by atoms with E-state index in [9.17, 15) is 0 Å². The topological polar surface area (TPSA) is 17.8 Å². The van der Waals surface area contributed by atoms with E-state index in [4.69, 9.17) is 0 Å². The number of hydrogen-bond acceptors (Lipinski definition) is 1. The van der Waals surface area contributed by atoms with E-state index in [2.05, 4.69) is 77.5 Å². The van der Waals surface area contributed by atoms with E-state index >= 15 is 0 Å². The van der Waals surface area contributed by atoms with Gasteiger partial charge in [-0.3, -0.25) is 4.68 Å². The molecule has 2 aromatic rings. The van der Waals surface area contributed by atoms with E-state index in [1.165, 1.54) is 11.3 Å². The molecule has 0 aliphatic carbocycles. The summed E-state index contributed by atoms with van der Waals surface area (Å²) in [4.78, 5) is 0. The predicted molar refractivity (Wildman–Crippen MR) is 83.7 cm³/mol. The van der Waals surface area contributed by atoms with Gasteiger partial charge in [0.15, 0.2) is 0 Å². The molecule has 0 fully saturated rings. The van der Waals surface area contributed by atoms with Crippen LogP contribution in [0.4, 0.5) is 0 Å². The minimum Gasteiger partial charge on any atom is -0.270 e. The van der Waals surface area contributed by atoms with Gasteiger partial charge in [-0.1, -0.05) is 46.3 Å². The molecule has 19 heavy (non-hydrogen) atoms. The summed E-state index contributed by atoms with van der Waals surface area (Å²) in [6.45, 7) is 4.31. The van der Waals surface area contributed by atoms with Crippen LogP contribution in [0.15, 0.2) is 42.6 Å². The highest BCUT2D eigenvalue weighted by atomic mass is 79.9. The smallest absolute Gasteiger partial charge is 0.0627 e. The number of aromatic nitrogens is 2. The first-order chi connectivity index (χ1) is 9.19. The van der Waals surface area contributed by atoms with Gasteiger partial charge in [-0.25, -0.2) is 0 Å². The molecule has 0 amide bonds. The molecule has 0 spiro atoms. The van der Waals surface area contributed by atoms with Crippen molar-refractivity contribution in [2.75, 3.05) is 5.33 Å². The molecule has 0 N–H and O–H groups in total. The highest BCUT2D eigenvalue weighted by molar-refractivity contribution is 9.09. The normalized spacial score (nSPS) is 12.8. The fourth-order valence-electron chi connectivity index (χ4n) is 2.20. The largest absolute Gasteiger partial charge is 0.270 e. The Hall–Kier alpha value is -1.09. The fraction of sp³-hybridized carbons (Fsp3) is 0.438. The second kappa shape index (κ2) is 6.90. The summed E-state index contributed by atoms with van der Waals surface area (Å²) < 4.78 is 2.03. The average Bonchev–Trinajstić information content (AvgIpc) is 2.88. The second-order valence-corrected chi connectivity index (χ2v) is 5.94. The second-order valence-electron chi connectivity index (χ2n) is 5.30. The molecule has 2 nitrogen and oxygen atoms in total. The summed E-state index contributed by atoms with van der Waals surface area (Å²) in [5, 5.41) is 5.65. The van der Waals surface area contributed by atoms with Crippen LogP contribution in [0.5, 0.6) is 0 Å². The van der Waals surface area contributed by atoms with Gasteiger partial charge < -0.3 is 0 Å². The van der Waals surface area contributed by atoms with Crippen LogP contribution in [0.25, 0.3) is 0 Å². The Bertz CT molecular complexity index is 490. The van der Waals surface area contributed by atoms with Crippen molar-refractivity contribution in [1.29, 1.82) is 0 Å². The van der Waals surface area contributed by atoms with Crippen molar-refractivity contribution in [3.05, 3.63) is 53.9 Å². The minimum atomic E-state index is 0.435. The Morgan fingerprint density at radius 1 is 1.11 bits per heavy atom. The summed E-state index contributed by atoms with van der Waals surface area (Å²) in [7, 11) is 0. The molecule has 3 heteroatoms. The van der Waals surface area contributed by atoms with Crippen molar-refractivity contribution >= 4 is 15.9 Å². The zero-order chi connectivity index (χ0) is 13.7. The lowest BCUT2D eigenvalue weighted by atomic mass is 9.97. The average molecular weight is 321 g/mol. The van der Waals surface area contributed by atoms with Gasteiger partial charge in [0.1, 0.15) is 0 Å². The van der Waals surface area contributed by atoms with Crippen LogP contribution in [0.2, 0.25) is 0 Å². The van der Waals surface area contributed by atoms with E-state index in [0.717, 1.165) is 18.2 Å². The van der Waals surface area contributed by atoms with Crippen molar-refractivity contribution in [3.8, 4) is 0 Å². The lowest BCUT2D eigenvalue weighted by molar-refractivity contribution is 0.513. The summed E-state index contributed by atoms with van der Waals surface area (Å²) in [5.74, 6) is 0.595. The highest BCUT2D eigenvalue weighted by Gasteiger charge is 2.12. The van der Waals surface area contributed by atoms with Gasteiger partial charge >= 0.3 is 0 Å². The lowest BCUT2D eigenvalue weighted by Gasteiger charge is -2.12. The third-order valence-electron chi connectivity index (χ3n) is 3.28. The van der Waals surface area contributed by atoms with E-state index in [-0.39, 0.29) is 0 Å². The first kappa shape index (κ1) is 14.3. The molecule has 0 saturated carbocycles. The molecule has 0 radical (unpaired) electrons. The Balaban J connectivity index is 1.98. The molecule has 2 rings (SSSR count). The molecule has 0 aliphatic heterocycles. The molecular formula is C16H21BrN2. The van der Waals surface area contributed by atoms with Gasteiger partial charge in [0.05, 0.1) is 5.69 Å². The molecule has 1 unspecified atom stereocenters. The molecule has 0 bridgehead atoms. The standard InChI is InChI=1S/C16H21BrN2/c1-13(2)19-9-8-16(18-19)11-15(12-17)10-14-6-4-3-5-7-14/h3-9,13,15H,10-12H2,1-2H3. The van der Waals surface area contributed by atoms with Crippen LogP contribution in [-0.4, -0.2) is 15.1 Å². The van der Waals surface area contributed by atoms with Gasteiger partial charge in [0.25, 0.3) is 0 Å². The van der Waals surface area contributed by atoms with E-state index < -0.39 is 0 Å². The maximum Gasteiger partial charge on any atom is 0.0627 e. The molecule has 102 valence electrons. The van der Waals surface area contributed by atoms with Gasteiger partial charge in [0, 0.05) is 17.6 Å². The van der Waals surface area contributed by atoms with Gasteiger partial charge in [-0.2, -0.15) is 5.10 Å². The molecule has 1 atom stereocenters. The highest BCUT2D eigenvalue weighted by Crippen LogP contribution is 2.16. The molecule has 0 saturated heterocycles. The SMILES string of the molecule is CC(C)n1ccc(CC(CBr)Cc2ccccc2)n1. The van der Waals surface area contributed by atoms with Crippen LogP contribution < -0.4 is 0 Å². The monoisotopic (exact) mass is 320 g/mol. The summed E-state index contributed by atoms with van der Waals surface area (Å²) in [6, 6.07) is 13.2. The fourth-order valence-corrected chi connectivity index (χ4v) is 2.66. The molecule has 1 heterocycles. The maximum absolute atomic E-state index is 4.63.